The second kappa shape index (κ2) is 11.9. The lowest BCUT2D eigenvalue weighted by molar-refractivity contribution is -0.120. The van der Waals surface area contributed by atoms with Gasteiger partial charge in [-0.3, -0.25) is 14.5 Å². The number of nitrogens with one attached hydrogen (secondary N) is 4. The number of H-pyrrole nitrogens is 1. The number of piperidine rings is 1. The van der Waals surface area contributed by atoms with E-state index in [-0.39, 0.29) is 29.7 Å². The summed E-state index contributed by atoms with van der Waals surface area (Å²) in [6.07, 6.45) is 3.63. The molecule has 1 saturated heterocycles. The normalized spacial score (nSPS) is 16.7. The summed E-state index contributed by atoms with van der Waals surface area (Å²) in [5, 5.41) is 19.5. The van der Waals surface area contributed by atoms with Gasteiger partial charge in [0.2, 0.25) is 11.9 Å². The van der Waals surface area contributed by atoms with Crippen molar-refractivity contribution < 1.29 is 23.8 Å². The highest BCUT2D eigenvalue weighted by Gasteiger charge is 2.29. The van der Waals surface area contributed by atoms with Crippen LogP contribution in [0.25, 0.3) is 11.0 Å². The van der Waals surface area contributed by atoms with Crippen LogP contribution in [0.3, 0.4) is 0 Å². The molecule has 0 aliphatic carbocycles. The number of carbonyl (C=O) groups is 2. The van der Waals surface area contributed by atoms with Gasteiger partial charge in [-0.15, -0.1) is 0 Å². The van der Waals surface area contributed by atoms with Gasteiger partial charge in [0.25, 0.3) is 5.91 Å². The highest BCUT2D eigenvalue weighted by molar-refractivity contribution is 6.02. The maximum absolute atomic E-state index is 14.6. The van der Waals surface area contributed by atoms with Gasteiger partial charge in [0.15, 0.2) is 0 Å². The Morgan fingerprint density at radius 1 is 1.16 bits per heavy atom. The van der Waals surface area contributed by atoms with Crippen LogP contribution < -0.4 is 25.6 Å². The number of aliphatic hydroxyl groups is 1. The third kappa shape index (κ3) is 5.68. The van der Waals surface area contributed by atoms with Gasteiger partial charge in [-0.2, -0.15) is 9.97 Å². The van der Waals surface area contributed by atoms with Crippen molar-refractivity contribution >= 4 is 51.7 Å². The molecular weight excluding hydrogens is 555 g/mol. The largest absolute Gasteiger partial charge is 0.495 e. The quantitative estimate of drug-likeness (QED) is 0.209. The van der Waals surface area contributed by atoms with Crippen LogP contribution in [0.1, 0.15) is 28.8 Å². The third-order valence-corrected chi connectivity index (χ3v) is 7.82. The van der Waals surface area contributed by atoms with Crippen LogP contribution in [-0.2, 0) is 11.2 Å². The molecule has 4 aromatic rings. The molecule has 0 radical (unpaired) electrons. The van der Waals surface area contributed by atoms with Crippen LogP contribution in [0.2, 0.25) is 0 Å². The number of hydrogen-bond donors (Lipinski definition) is 5. The van der Waals surface area contributed by atoms with Gasteiger partial charge in [0.05, 0.1) is 42.1 Å². The summed E-state index contributed by atoms with van der Waals surface area (Å²) < 4.78 is 20.3. The van der Waals surface area contributed by atoms with Gasteiger partial charge < -0.3 is 35.7 Å². The minimum Gasteiger partial charge on any atom is -0.495 e. The standard InChI is InChI=1S/C30H33FN8O4/c1-32-29(42)26-20(31)6-3-7-21(26)34-28-19-8-10-33-27(19)36-30(37-28)35-22-14-23-17(13-24(22)43-2)9-12-39(23)25(41)16-38-11-4-5-18(40)15-38/h3,6-8,10,13-14,18,40H,4-5,9,11-12,15-16H2,1-2H3,(H,32,42)(H3,33,34,35,36,37). The van der Waals surface area contributed by atoms with Crippen molar-refractivity contribution in [3.05, 3.63) is 59.5 Å². The van der Waals surface area contributed by atoms with E-state index in [9.17, 15) is 19.1 Å². The van der Waals surface area contributed by atoms with Crippen molar-refractivity contribution in [2.75, 3.05) is 55.9 Å². The molecule has 224 valence electrons. The number of fused-ring (bicyclic) bond motifs is 2. The molecule has 0 bridgehead atoms. The predicted molar refractivity (Wildman–Crippen MR) is 161 cm³/mol. The number of aliphatic hydroxyl groups excluding tert-OH is 1. The lowest BCUT2D eigenvalue weighted by atomic mass is 10.1. The molecule has 0 saturated carbocycles. The number of nitrogens with zero attached hydrogens (tertiary/aromatic N) is 4. The topological polar surface area (TPSA) is 148 Å². The van der Waals surface area contributed by atoms with E-state index in [1.165, 1.54) is 19.2 Å². The highest BCUT2D eigenvalue weighted by Crippen LogP contribution is 2.39. The van der Waals surface area contributed by atoms with Gasteiger partial charge in [0.1, 0.15) is 23.0 Å². The summed E-state index contributed by atoms with van der Waals surface area (Å²) in [5.41, 5.74) is 2.95. The van der Waals surface area contributed by atoms with Crippen LogP contribution in [0, 0.1) is 5.82 Å². The molecule has 2 aromatic heterocycles. The number of rotatable bonds is 8. The van der Waals surface area contributed by atoms with Crippen molar-refractivity contribution in [2.45, 2.75) is 25.4 Å². The molecule has 0 spiro atoms. The van der Waals surface area contributed by atoms with E-state index in [1.807, 2.05) is 17.0 Å². The van der Waals surface area contributed by atoms with Crippen molar-refractivity contribution in [1.82, 2.24) is 25.2 Å². The zero-order chi connectivity index (χ0) is 30.1. The van der Waals surface area contributed by atoms with Gasteiger partial charge >= 0.3 is 0 Å². The molecule has 1 fully saturated rings. The smallest absolute Gasteiger partial charge is 0.256 e. The molecule has 6 rings (SSSR count). The summed E-state index contributed by atoms with van der Waals surface area (Å²) in [5.74, 6) is -0.139. The van der Waals surface area contributed by atoms with E-state index < -0.39 is 17.8 Å². The number of likely N-dealkylation sites (tertiary alicyclic amines) is 1. The van der Waals surface area contributed by atoms with Gasteiger partial charge in [-0.05, 0) is 61.7 Å². The van der Waals surface area contributed by atoms with Gasteiger partial charge in [0, 0.05) is 32.0 Å². The van der Waals surface area contributed by atoms with E-state index in [0.717, 1.165) is 30.6 Å². The van der Waals surface area contributed by atoms with Crippen molar-refractivity contribution in [3.63, 3.8) is 0 Å². The summed E-state index contributed by atoms with van der Waals surface area (Å²) in [7, 11) is 3.01. The van der Waals surface area contributed by atoms with Crippen LogP contribution in [0.5, 0.6) is 5.75 Å². The highest BCUT2D eigenvalue weighted by atomic mass is 19.1. The fourth-order valence-electron chi connectivity index (χ4n) is 5.72. The Kier molecular flexibility index (Phi) is 7.82. The second-order valence-electron chi connectivity index (χ2n) is 10.6. The third-order valence-electron chi connectivity index (χ3n) is 7.82. The molecule has 2 aromatic carbocycles. The minimum atomic E-state index is -0.666. The maximum atomic E-state index is 14.6. The Labute approximate surface area is 247 Å². The van der Waals surface area contributed by atoms with Crippen LogP contribution in [0.4, 0.5) is 33.2 Å². The fraction of sp³-hybridized carbons (Fsp3) is 0.333. The molecule has 1 unspecified atom stereocenters. The Morgan fingerprint density at radius 2 is 2.02 bits per heavy atom. The number of β-amino-alcohol motifs (C(OH)–C–C–N with tert-alkyl or cyclic N) is 1. The number of aromatic amines is 1. The van der Waals surface area contributed by atoms with E-state index in [1.54, 1.807) is 30.3 Å². The maximum Gasteiger partial charge on any atom is 0.256 e. The molecule has 4 heterocycles. The second-order valence-corrected chi connectivity index (χ2v) is 10.6. The van der Waals surface area contributed by atoms with E-state index in [4.69, 9.17) is 4.74 Å². The summed E-state index contributed by atoms with van der Waals surface area (Å²) >= 11 is 0. The number of carbonyl (C=O) groups excluding carboxylic acids is 2. The van der Waals surface area contributed by atoms with Crippen molar-refractivity contribution in [2.24, 2.45) is 0 Å². The molecule has 43 heavy (non-hydrogen) atoms. The zero-order valence-corrected chi connectivity index (χ0v) is 23.9. The number of hydrogen-bond acceptors (Lipinski definition) is 9. The lowest BCUT2D eigenvalue weighted by Gasteiger charge is -2.31. The number of aromatic nitrogens is 3. The Morgan fingerprint density at radius 3 is 2.81 bits per heavy atom. The van der Waals surface area contributed by atoms with E-state index >= 15 is 0 Å². The number of halogens is 1. The molecule has 12 nitrogen and oxygen atoms in total. The number of amides is 2. The molecule has 13 heteroatoms. The zero-order valence-electron chi connectivity index (χ0n) is 23.9. The number of ether oxygens (including phenoxy) is 1. The fourth-order valence-corrected chi connectivity index (χ4v) is 5.72. The SMILES string of the molecule is CNC(=O)c1c(F)cccc1Nc1nc(Nc2cc3c(cc2OC)CCN3C(=O)CN2CCCC(O)C2)nc2[nH]ccc12. The van der Waals surface area contributed by atoms with E-state index in [2.05, 4.69) is 30.9 Å². The first kappa shape index (κ1) is 28.4. The average Bonchev–Trinajstić information content (AvgIpc) is 3.63. The molecule has 2 aliphatic heterocycles. The van der Waals surface area contributed by atoms with E-state index in [0.29, 0.717) is 47.8 Å². The van der Waals surface area contributed by atoms with Crippen molar-refractivity contribution in [1.29, 1.82) is 0 Å². The van der Waals surface area contributed by atoms with Gasteiger partial charge in [-0.1, -0.05) is 6.07 Å². The Bertz CT molecular complexity index is 1690. The first-order chi connectivity index (χ1) is 20.8. The van der Waals surface area contributed by atoms with Crippen molar-refractivity contribution in [3.8, 4) is 5.75 Å². The monoisotopic (exact) mass is 588 g/mol. The number of benzene rings is 2. The van der Waals surface area contributed by atoms with Crippen LogP contribution in [-0.4, -0.2) is 83.2 Å². The summed E-state index contributed by atoms with van der Waals surface area (Å²) in [4.78, 5) is 41.8. The number of anilines is 5. The van der Waals surface area contributed by atoms with Gasteiger partial charge in [-0.25, -0.2) is 4.39 Å². The molecule has 2 amide bonds. The average molecular weight is 589 g/mol. The molecule has 1 atom stereocenters. The molecular formula is C30H33FN8O4. The van der Waals surface area contributed by atoms with Crippen LogP contribution in [0.15, 0.2) is 42.6 Å². The summed E-state index contributed by atoms with van der Waals surface area (Å²) in [6.45, 7) is 2.08. The molecule has 5 N–H and O–H groups in total. The van der Waals surface area contributed by atoms with Crippen LogP contribution >= 0.6 is 0 Å². The first-order valence-corrected chi connectivity index (χ1v) is 14.2. The number of methoxy groups -OCH3 is 1. The predicted octanol–water partition coefficient (Wildman–Crippen LogP) is 3.30. The Hall–Kier alpha value is -4.75. The lowest BCUT2D eigenvalue weighted by Crippen LogP contribution is -2.45. The minimum absolute atomic E-state index is 0.0264. The summed E-state index contributed by atoms with van der Waals surface area (Å²) in [6, 6.07) is 9.87. The molecule has 2 aliphatic rings. The first-order valence-electron chi connectivity index (χ1n) is 14.2. The Balaban J connectivity index is 1.30.